The second kappa shape index (κ2) is 8.53. The van der Waals surface area contributed by atoms with Gasteiger partial charge in [-0.1, -0.05) is 24.3 Å². The van der Waals surface area contributed by atoms with Gasteiger partial charge >= 0.3 is 6.09 Å². The van der Waals surface area contributed by atoms with Gasteiger partial charge in [-0.15, -0.1) is 11.3 Å². The number of carbonyl (C=O) groups excluding carboxylic acids is 1. The van der Waals surface area contributed by atoms with Crippen molar-refractivity contribution in [1.82, 2.24) is 9.88 Å². The first-order valence-corrected chi connectivity index (χ1v) is 11.2. The van der Waals surface area contributed by atoms with Crippen molar-refractivity contribution in [2.24, 2.45) is 5.73 Å². The van der Waals surface area contributed by atoms with E-state index in [0.717, 1.165) is 27.5 Å². The Morgan fingerprint density at radius 1 is 1.13 bits per heavy atom. The highest BCUT2D eigenvalue weighted by Crippen LogP contribution is 2.40. The van der Waals surface area contributed by atoms with E-state index in [9.17, 15) is 9.59 Å². The minimum atomic E-state index is -0.399. The first-order valence-electron chi connectivity index (χ1n) is 10.3. The second-order valence-corrected chi connectivity index (χ2v) is 8.35. The molecule has 2 aromatic heterocycles. The number of amides is 1. The Kier molecular flexibility index (Phi) is 5.80. The maximum Gasteiger partial charge on any atom is 0.415 e. The van der Waals surface area contributed by atoms with Gasteiger partial charge in [0.25, 0.3) is 5.56 Å². The van der Waals surface area contributed by atoms with Gasteiger partial charge < -0.3 is 20.4 Å². The third kappa shape index (κ3) is 3.82. The van der Waals surface area contributed by atoms with Crippen LogP contribution in [-0.4, -0.2) is 29.1 Å². The van der Waals surface area contributed by atoms with Gasteiger partial charge in [-0.05, 0) is 55.5 Å². The summed E-state index contributed by atoms with van der Waals surface area (Å²) in [4.78, 5) is 29.8. The average molecular weight is 436 g/mol. The fraction of sp³-hybridized carbons (Fsp3) is 0.250. The molecule has 4 rings (SSSR count). The van der Waals surface area contributed by atoms with Crippen molar-refractivity contribution in [2.45, 2.75) is 26.8 Å². The lowest BCUT2D eigenvalue weighted by Gasteiger charge is -2.20. The van der Waals surface area contributed by atoms with E-state index in [1.807, 2.05) is 56.5 Å². The highest BCUT2D eigenvalue weighted by atomic mass is 32.1. The van der Waals surface area contributed by atoms with Gasteiger partial charge in [0.05, 0.1) is 0 Å². The number of nitrogens with one attached hydrogen (secondary N) is 1. The molecule has 0 spiro atoms. The summed E-state index contributed by atoms with van der Waals surface area (Å²) in [5.74, 6) is 0.456. The number of nitrogens with two attached hydrogens (primary N) is 1. The number of fused-ring (bicyclic) bond motifs is 3. The summed E-state index contributed by atoms with van der Waals surface area (Å²) in [6.45, 7) is 6.88. The summed E-state index contributed by atoms with van der Waals surface area (Å²) in [6, 6.07) is 13.3. The van der Waals surface area contributed by atoms with Crippen LogP contribution in [0.2, 0.25) is 0 Å². The molecule has 0 bridgehead atoms. The van der Waals surface area contributed by atoms with Crippen molar-refractivity contribution in [3.63, 3.8) is 0 Å². The number of aromatic amines is 1. The van der Waals surface area contributed by atoms with Gasteiger partial charge in [0, 0.05) is 41.0 Å². The van der Waals surface area contributed by atoms with Crippen LogP contribution in [0.1, 0.15) is 32.4 Å². The number of rotatable bonds is 5. The Morgan fingerprint density at radius 3 is 2.48 bits per heavy atom. The van der Waals surface area contributed by atoms with Crippen molar-refractivity contribution >= 4 is 38.4 Å². The SMILES string of the molecule is CCN(CC)C(=O)Oc1ccc2[nH]c(=O)c3sccc3c2c1-c1ccc(C(C)N)cc1. The highest BCUT2D eigenvalue weighted by Gasteiger charge is 2.20. The predicted octanol–water partition coefficient (Wildman–Crippen LogP) is 5.27. The molecule has 2 heterocycles. The van der Waals surface area contributed by atoms with Crippen LogP contribution in [-0.2, 0) is 0 Å². The van der Waals surface area contributed by atoms with Gasteiger partial charge in [0.1, 0.15) is 10.4 Å². The molecule has 31 heavy (non-hydrogen) atoms. The molecule has 3 N–H and O–H groups in total. The maximum atomic E-state index is 12.7. The Bertz CT molecular complexity index is 1300. The molecule has 0 fully saturated rings. The van der Waals surface area contributed by atoms with Crippen LogP contribution in [0.5, 0.6) is 5.75 Å². The Labute approximate surface area is 184 Å². The van der Waals surface area contributed by atoms with Crippen molar-refractivity contribution in [1.29, 1.82) is 0 Å². The fourth-order valence-corrected chi connectivity index (χ4v) is 4.59. The fourth-order valence-electron chi connectivity index (χ4n) is 3.79. The lowest BCUT2D eigenvalue weighted by Crippen LogP contribution is -2.33. The summed E-state index contributed by atoms with van der Waals surface area (Å²) in [7, 11) is 0. The standard InChI is InChI=1S/C24H25N3O3S/c1-4-27(5-2)24(29)30-19-11-10-18-21(17-12-13-31-22(17)23(28)26-18)20(19)16-8-6-15(7-9-16)14(3)25/h6-14H,4-5,25H2,1-3H3,(H,26,28). The molecular weight excluding hydrogens is 410 g/mol. The third-order valence-corrected chi connectivity index (χ3v) is 6.41. The van der Waals surface area contributed by atoms with Crippen molar-refractivity contribution < 1.29 is 9.53 Å². The molecule has 1 atom stereocenters. The highest BCUT2D eigenvalue weighted by molar-refractivity contribution is 7.17. The molecule has 0 aliphatic heterocycles. The van der Waals surface area contributed by atoms with Crippen LogP contribution in [0.15, 0.2) is 52.6 Å². The summed E-state index contributed by atoms with van der Waals surface area (Å²) in [5.41, 5.74) is 9.27. The third-order valence-electron chi connectivity index (χ3n) is 5.50. The molecule has 1 amide bonds. The van der Waals surface area contributed by atoms with Gasteiger partial charge in [-0.3, -0.25) is 4.79 Å². The molecule has 0 radical (unpaired) electrons. The van der Waals surface area contributed by atoms with Crippen LogP contribution in [0.25, 0.3) is 32.1 Å². The topological polar surface area (TPSA) is 88.4 Å². The first kappa shape index (κ1) is 21.1. The van der Waals surface area contributed by atoms with Crippen LogP contribution >= 0.6 is 11.3 Å². The molecule has 2 aromatic carbocycles. The van der Waals surface area contributed by atoms with Crippen LogP contribution in [0.4, 0.5) is 4.79 Å². The van der Waals surface area contributed by atoms with E-state index in [1.54, 1.807) is 17.0 Å². The largest absolute Gasteiger partial charge is 0.415 e. The van der Waals surface area contributed by atoms with Gasteiger partial charge in [0.2, 0.25) is 0 Å². The molecule has 0 saturated heterocycles. The number of pyridine rings is 1. The summed E-state index contributed by atoms with van der Waals surface area (Å²) >= 11 is 1.39. The minimum Gasteiger partial charge on any atom is -0.410 e. The summed E-state index contributed by atoms with van der Waals surface area (Å²) in [5, 5.41) is 3.60. The lowest BCUT2D eigenvalue weighted by atomic mass is 9.95. The van der Waals surface area contributed by atoms with Gasteiger partial charge in [-0.2, -0.15) is 0 Å². The number of thiophene rings is 1. The second-order valence-electron chi connectivity index (χ2n) is 7.43. The van der Waals surface area contributed by atoms with E-state index in [0.29, 0.717) is 29.1 Å². The monoisotopic (exact) mass is 435 g/mol. The van der Waals surface area contributed by atoms with E-state index >= 15 is 0 Å². The number of hydrogen-bond acceptors (Lipinski definition) is 5. The maximum absolute atomic E-state index is 12.7. The summed E-state index contributed by atoms with van der Waals surface area (Å²) < 4.78 is 6.51. The number of aromatic nitrogens is 1. The minimum absolute atomic E-state index is 0.0820. The zero-order valence-corrected chi connectivity index (χ0v) is 18.6. The van der Waals surface area contributed by atoms with Gasteiger partial charge in [-0.25, -0.2) is 4.79 Å². The molecule has 1 unspecified atom stereocenters. The number of ether oxygens (including phenoxy) is 1. The van der Waals surface area contributed by atoms with E-state index in [1.165, 1.54) is 11.3 Å². The number of carbonyl (C=O) groups is 1. The molecule has 6 nitrogen and oxygen atoms in total. The Balaban J connectivity index is 1.99. The number of benzene rings is 2. The molecular formula is C24H25N3O3S. The van der Waals surface area contributed by atoms with Crippen molar-refractivity contribution in [3.8, 4) is 16.9 Å². The van der Waals surface area contributed by atoms with E-state index in [-0.39, 0.29) is 11.6 Å². The normalized spacial score (nSPS) is 12.3. The smallest absolute Gasteiger partial charge is 0.410 e. The first-order chi connectivity index (χ1) is 14.9. The summed E-state index contributed by atoms with van der Waals surface area (Å²) in [6.07, 6.45) is -0.399. The van der Waals surface area contributed by atoms with E-state index < -0.39 is 6.09 Å². The zero-order chi connectivity index (χ0) is 22.1. The quantitative estimate of drug-likeness (QED) is 0.447. The number of hydrogen-bond donors (Lipinski definition) is 2. The predicted molar refractivity (Wildman–Crippen MR) is 127 cm³/mol. The van der Waals surface area contributed by atoms with Crippen LogP contribution in [0, 0.1) is 0 Å². The van der Waals surface area contributed by atoms with Crippen molar-refractivity contribution in [2.75, 3.05) is 13.1 Å². The molecule has 7 heteroatoms. The average Bonchev–Trinajstić information content (AvgIpc) is 3.26. The van der Waals surface area contributed by atoms with Gasteiger partial charge in [0.15, 0.2) is 0 Å². The van der Waals surface area contributed by atoms with E-state index in [2.05, 4.69) is 4.98 Å². The van der Waals surface area contributed by atoms with E-state index in [4.69, 9.17) is 10.5 Å². The molecule has 0 aliphatic carbocycles. The molecule has 160 valence electrons. The number of nitrogens with zero attached hydrogens (tertiary/aromatic N) is 1. The lowest BCUT2D eigenvalue weighted by molar-refractivity contribution is 0.157. The van der Waals surface area contributed by atoms with Crippen LogP contribution in [0.3, 0.4) is 0 Å². The molecule has 4 aromatic rings. The Morgan fingerprint density at radius 2 is 1.84 bits per heavy atom. The zero-order valence-electron chi connectivity index (χ0n) is 17.8. The van der Waals surface area contributed by atoms with Crippen molar-refractivity contribution in [3.05, 3.63) is 63.8 Å². The molecule has 0 saturated carbocycles. The molecule has 0 aliphatic rings. The Hall–Kier alpha value is -3.16. The van der Waals surface area contributed by atoms with Crippen LogP contribution < -0.4 is 16.0 Å². The number of H-pyrrole nitrogens is 1.